The zero-order valence-electron chi connectivity index (χ0n) is 14.3. The molecule has 0 atom stereocenters. The fourth-order valence-electron chi connectivity index (χ4n) is 2.42. The Hall–Kier alpha value is -3.73. The van der Waals surface area contributed by atoms with Crippen LogP contribution < -0.4 is 0 Å². The molecule has 0 aliphatic carbocycles. The molecular weight excluding hydrogens is 344 g/mol. The summed E-state index contributed by atoms with van der Waals surface area (Å²) in [6, 6.07) is 23.3. The molecule has 0 amide bonds. The Kier molecular flexibility index (Phi) is 5.74. The summed E-state index contributed by atoms with van der Waals surface area (Å²) in [6.07, 6.45) is 0. The molecule has 0 unspecified atom stereocenters. The van der Waals surface area contributed by atoms with E-state index in [2.05, 4.69) is 0 Å². The minimum Gasteiger partial charge on any atom is -0.457 e. The van der Waals surface area contributed by atoms with Crippen molar-refractivity contribution in [1.82, 2.24) is 0 Å². The van der Waals surface area contributed by atoms with Crippen molar-refractivity contribution >= 4 is 17.9 Å². The van der Waals surface area contributed by atoms with E-state index in [9.17, 15) is 14.4 Å². The number of hydrogen-bond donors (Lipinski definition) is 0. The number of rotatable bonds is 5. The third-order valence-corrected chi connectivity index (χ3v) is 3.80. The van der Waals surface area contributed by atoms with Crippen LogP contribution >= 0.6 is 0 Å². The van der Waals surface area contributed by atoms with Gasteiger partial charge >= 0.3 is 17.9 Å². The van der Waals surface area contributed by atoms with E-state index in [0.717, 1.165) is 0 Å². The second-order valence-corrected chi connectivity index (χ2v) is 5.64. The lowest BCUT2D eigenvalue weighted by Crippen LogP contribution is -2.15. The summed E-state index contributed by atoms with van der Waals surface area (Å²) >= 11 is 0. The van der Waals surface area contributed by atoms with E-state index in [4.69, 9.17) is 9.47 Å². The van der Waals surface area contributed by atoms with Crippen molar-refractivity contribution in [3.63, 3.8) is 0 Å². The monoisotopic (exact) mass is 360 g/mol. The Morgan fingerprint density at radius 3 is 1.74 bits per heavy atom. The lowest BCUT2D eigenvalue weighted by molar-refractivity contribution is 0.0381. The van der Waals surface area contributed by atoms with Gasteiger partial charge in [-0.3, -0.25) is 0 Å². The van der Waals surface area contributed by atoms with Gasteiger partial charge in [-0.1, -0.05) is 54.6 Å². The molecule has 0 spiro atoms. The first-order valence-corrected chi connectivity index (χ1v) is 8.27. The van der Waals surface area contributed by atoms with E-state index in [1.165, 1.54) is 6.07 Å². The summed E-state index contributed by atoms with van der Waals surface area (Å²) in [5.74, 6) is -2.04. The van der Waals surface area contributed by atoms with Gasteiger partial charge in [0.1, 0.15) is 6.61 Å². The molecule has 0 aliphatic heterocycles. The molecule has 5 heteroatoms. The van der Waals surface area contributed by atoms with Crippen molar-refractivity contribution in [2.45, 2.75) is 6.61 Å². The summed E-state index contributed by atoms with van der Waals surface area (Å²) in [5, 5.41) is 0. The molecule has 5 nitrogen and oxygen atoms in total. The van der Waals surface area contributed by atoms with Crippen molar-refractivity contribution in [3.8, 4) is 0 Å². The maximum absolute atomic E-state index is 12.4. The molecular formula is C22H16O5. The van der Waals surface area contributed by atoms with E-state index < -0.39 is 17.9 Å². The quantitative estimate of drug-likeness (QED) is 0.507. The molecule has 27 heavy (non-hydrogen) atoms. The van der Waals surface area contributed by atoms with Crippen LogP contribution in [0.15, 0.2) is 84.9 Å². The van der Waals surface area contributed by atoms with Crippen LogP contribution in [-0.2, 0) is 16.1 Å². The SMILES string of the molecule is O=C(OCc1ccccc1C(=O)OC(=O)c1ccccc1)c1ccccc1. The Balaban J connectivity index is 1.69. The molecule has 0 bridgehead atoms. The molecule has 0 aromatic heterocycles. The van der Waals surface area contributed by atoms with Gasteiger partial charge in [0.15, 0.2) is 0 Å². The van der Waals surface area contributed by atoms with Gasteiger partial charge in [-0.25, -0.2) is 14.4 Å². The van der Waals surface area contributed by atoms with E-state index >= 15 is 0 Å². The first kappa shape index (κ1) is 18.1. The summed E-state index contributed by atoms with van der Waals surface area (Å²) in [6.45, 7) is -0.113. The highest BCUT2D eigenvalue weighted by Crippen LogP contribution is 2.14. The van der Waals surface area contributed by atoms with Crippen LogP contribution in [0, 0.1) is 0 Å². The van der Waals surface area contributed by atoms with Crippen molar-refractivity contribution in [2.24, 2.45) is 0 Å². The summed E-state index contributed by atoms with van der Waals surface area (Å²) < 4.78 is 10.2. The van der Waals surface area contributed by atoms with Gasteiger partial charge in [-0.2, -0.15) is 0 Å². The number of esters is 3. The standard InChI is InChI=1S/C22H16O5/c23-20(16-9-3-1-4-10-16)26-15-18-13-7-8-14-19(18)22(25)27-21(24)17-11-5-2-6-12-17/h1-14H,15H2. The zero-order chi connectivity index (χ0) is 19.1. The van der Waals surface area contributed by atoms with E-state index in [-0.39, 0.29) is 17.7 Å². The molecule has 0 heterocycles. The van der Waals surface area contributed by atoms with Crippen LogP contribution in [-0.4, -0.2) is 17.9 Å². The Labute approximate surface area is 156 Å². The van der Waals surface area contributed by atoms with Gasteiger partial charge in [0, 0.05) is 5.56 Å². The average Bonchev–Trinajstić information content (AvgIpc) is 2.73. The van der Waals surface area contributed by atoms with Gasteiger partial charge in [-0.15, -0.1) is 0 Å². The number of benzene rings is 3. The van der Waals surface area contributed by atoms with Crippen LogP contribution in [0.3, 0.4) is 0 Å². The van der Waals surface area contributed by atoms with Crippen LogP contribution in [0.5, 0.6) is 0 Å². The first-order valence-electron chi connectivity index (χ1n) is 8.27. The third-order valence-electron chi connectivity index (χ3n) is 3.80. The molecule has 3 rings (SSSR count). The predicted molar refractivity (Wildman–Crippen MR) is 98.2 cm³/mol. The Morgan fingerprint density at radius 1 is 0.593 bits per heavy atom. The second kappa shape index (κ2) is 8.58. The highest BCUT2D eigenvalue weighted by molar-refractivity contribution is 6.03. The van der Waals surface area contributed by atoms with Gasteiger partial charge < -0.3 is 9.47 Å². The van der Waals surface area contributed by atoms with E-state index in [1.807, 2.05) is 0 Å². The molecule has 0 N–H and O–H groups in total. The maximum atomic E-state index is 12.4. The van der Waals surface area contributed by atoms with Crippen molar-refractivity contribution in [1.29, 1.82) is 0 Å². The smallest absolute Gasteiger partial charge is 0.346 e. The largest absolute Gasteiger partial charge is 0.457 e. The summed E-state index contributed by atoms with van der Waals surface area (Å²) in [4.78, 5) is 36.5. The van der Waals surface area contributed by atoms with Crippen molar-refractivity contribution in [3.05, 3.63) is 107 Å². The van der Waals surface area contributed by atoms with Crippen LogP contribution in [0.4, 0.5) is 0 Å². The Bertz CT molecular complexity index is 949. The number of ether oxygens (including phenoxy) is 2. The fraction of sp³-hybridized carbons (Fsp3) is 0.0455. The maximum Gasteiger partial charge on any atom is 0.346 e. The predicted octanol–water partition coefficient (Wildman–Crippen LogP) is 4.04. The number of carbonyl (C=O) groups is 3. The van der Waals surface area contributed by atoms with E-state index in [1.54, 1.807) is 78.9 Å². The normalized spacial score (nSPS) is 10.1. The average molecular weight is 360 g/mol. The molecule has 3 aromatic rings. The lowest BCUT2D eigenvalue weighted by Gasteiger charge is -2.10. The van der Waals surface area contributed by atoms with Crippen molar-refractivity contribution in [2.75, 3.05) is 0 Å². The summed E-state index contributed by atoms with van der Waals surface area (Å²) in [7, 11) is 0. The summed E-state index contributed by atoms with van der Waals surface area (Å²) in [5.41, 5.74) is 1.31. The lowest BCUT2D eigenvalue weighted by atomic mass is 10.1. The van der Waals surface area contributed by atoms with Gasteiger partial charge in [0.25, 0.3) is 0 Å². The van der Waals surface area contributed by atoms with Crippen LogP contribution in [0.2, 0.25) is 0 Å². The fourth-order valence-corrected chi connectivity index (χ4v) is 2.42. The third kappa shape index (κ3) is 4.67. The second-order valence-electron chi connectivity index (χ2n) is 5.64. The minimum atomic E-state index is -0.796. The van der Waals surface area contributed by atoms with Gasteiger partial charge in [0.05, 0.1) is 16.7 Å². The van der Waals surface area contributed by atoms with Crippen LogP contribution in [0.25, 0.3) is 0 Å². The van der Waals surface area contributed by atoms with E-state index in [0.29, 0.717) is 11.1 Å². The molecule has 0 saturated carbocycles. The van der Waals surface area contributed by atoms with Gasteiger partial charge in [-0.05, 0) is 30.3 Å². The van der Waals surface area contributed by atoms with Crippen LogP contribution in [0.1, 0.15) is 36.6 Å². The molecule has 3 aromatic carbocycles. The number of carbonyl (C=O) groups excluding carboxylic acids is 3. The van der Waals surface area contributed by atoms with Crippen molar-refractivity contribution < 1.29 is 23.9 Å². The Morgan fingerprint density at radius 2 is 1.11 bits per heavy atom. The number of hydrogen-bond acceptors (Lipinski definition) is 5. The molecule has 0 radical (unpaired) electrons. The minimum absolute atomic E-state index is 0.113. The highest BCUT2D eigenvalue weighted by atomic mass is 16.6. The first-order chi connectivity index (χ1) is 13.1. The molecule has 0 saturated heterocycles. The molecule has 0 aliphatic rings. The molecule has 134 valence electrons. The topological polar surface area (TPSA) is 69.7 Å². The highest BCUT2D eigenvalue weighted by Gasteiger charge is 2.18. The zero-order valence-corrected chi connectivity index (χ0v) is 14.3. The molecule has 0 fully saturated rings. The van der Waals surface area contributed by atoms with Gasteiger partial charge in [0.2, 0.25) is 0 Å².